The fourth-order valence-corrected chi connectivity index (χ4v) is 3.51. The highest BCUT2D eigenvalue weighted by atomic mass is 35.5. The van der Waals surface area contributed by atoms with Gasteiger partial charge >= 0.3 is 0 Å². The highest BCUT2D eigenvalue weighted by molar-refractivity contribution is 6.30. The minimum Gasteiger partial charge on any atom is -0.341 e. The molecule has 1 aromatic carbocycles. The van der Waals surface area contributed by atoms with E-state index in [2.05, 4.69) is 6.92 Å². The summed E-state index contributed by atoms with van der Waals surface area (Å²) in [5.74, 6) is -0.729. The van der Waals surface area contributed by atoms with Gasteiger partial charge in [0.2, 0.25) is 11.8 Å². The second-order valence-corrected chi connectivity index (χ2v) is 7.27. The van der Waals surface area contributed by atoms with E-state index < -0.39 is 5.92 Å². The molecule has 0 saturated carbocycles. The minimum absolute atomic E-state index is 0.0207. The van der Waals surface area contributed by atoms with Crippen LogP contribution in [0.1, 0.15) is 19.8 Å². The molecule has 2 amide bonds. The van der Waals surface area contributed by atoms with E-state index in [4.69, 9.17) is 17.3 Å². The summed E-state index contributed by atoms with van der Waals surface area (Å²) < 4.78 is 0. The van der Waals surface area contributed by atoms with Crippen LogP contribution in [-0.4, -0.2) is 42.9 Å². The SMILES string of the molecule is CC1(CN)CCN(C(=O)C2CCN(c3ccc(Cl)cc3)C2=O)C1. The second kappa shape index (κ2) is 6.13. The number of halogens is 1. The van der Waals surface area contributed by atoms with Crippen LogP contribution >= 0.6 is 11.6 Å². The third-order valence-electron chi connectivity index (χ3n) is 5.00. The number of amides is 2. The smallest absolute Gasteiger partial charge is 0.239 e. The Labute approximate surface area is 141 Å². The first-order valence-electron chi connectivity index (χ1n) is 7.99. The first-order valence-corrected chi connectivity index (χ1v) is 8.37. The van der Waals surface area contributed by atoms with Crippen molar-refractivity contribution < 1.29 is 9.59 Å². The van der Waals surface area contributed by atoms with Crippen molar-refractivity contribution in [3.05, 3.63) is 29.3 Å². The van der Waals surface area contributed by atoms with E-state index >= 15 is 0 Å². The summed E-state index contributed by atoms with van der Waals surface area (Å²) >= 11 is 5.89. The van der Waals surface area contributed by atoms with Crippen LogP contribution in [0.3, 0.4) is 0 Å². The Hall–Kier alpha value is -1.59. The van der Waals surface area contributed by atoms with Crippen LogP contribution in [-0.2, 0) is 9.59 Å². The zero-order chi connectivity index (χ0) is 16.6. The molecule has 2 aliphatic rings. The lowest BCUT2D eigenvalue weighted by Gasteiger charge is -2.24. The van der Waals surface area contributed by atoms with Crippen molar-refractivity contribution >= 4 is 29.1 Å². The van der Waals surface area contributed by atoms with Crippen molar-refractivity contribution in [2.24, 2.45) is 17.1 Å². The number of nitrogens with two attached hydrogens (primary N) is 1. The third-order valence-corrected chi connectivity index (χ3v) is 5.26. The molecule has 2 aliphatic heterocycles. The van der Waals surface area contributed by atoms with E-state index in [0.717, 1.165) is 12.1 Å². The molecule has 5 nitrogen and oxygen atoms in total. The van der Waals surface area contributed by atoms with Crippen molar-refractivity contribution in [2.45, 2.75) is 19.8 Å². The van der Waals surface area contributed by atoms with E-state index in [1.165, 1.54) is 0 Å². The van der Waals surface area contributed by atoms with Crippen molar-refractivity contribution in [1.82, 2.24) is 4.90 Å². The van der Waals surface area contributed by atoms with Gasteiger partial charge in [0.05, 0.1) is 0 Å². The van der Waals surface area contributed by atoms with Gasteiger partial charge in [0, 0.05) is 30.3 Å². The molecule has 1 aromatic rings. The quantitative estimate of drug-likeness (QED) is 0.858. The summed E-state index contributed by atoms with van der Waals surface area (Å²) in [6.07, 6.45) is 1.47. The number of benzene rings is 1. The van der Waals surface area contributed by atoms with Crippen LogP contribution in [0.25, 0.3) is 0 Å². The highest BCUT2D eigenvalue weighted by Gasteiger charge is 2.43. The van der Waals surface area contributed by atoms with E-state index in [1.807, 2.05) is 12.1 Å². The fourth-order valence-electron chi connectivity index (χ4n) is 3.39. The molecule has 2 fully saturated rings. The number of hydrogen-bond donors (Lipinski definition) is 1. The lowest BCUT2D eigenvalue weighted by atomic mass is 9.90. The van der Waals surface area contributed by atoms with Crippen LogP contribution in [0.2, 0.25) is 5.02 Å². The second-order valence-electron chi connectivity index (χ2n) is 6.83. The van der Waals surface area contributed by atoms with Gasteiger partial charge in [-0.25, -0.2) is 0 Å². The van der Waals surface area contributed by atoms with Crippen LogP contribution in [0.5, 0.6) is 0 Å². The van der Waals surface area contributed by atoms with Gasteiger partial charge in [-0.1, -0.05) is 18.5 Å². The molecule has 3 rings (SSSR count). The first-order chi connectivity index (χ1) is 10.9. The predicted octanol–water partition coefficient (Wildman–Crippen LogP) is 1.89. The van der Waals surface area contributed by atoms with E-state index in [0.29, 0.717) is 37.6 Å². The maximum absolute atomic E-state index is 12.7. The Morgan fingerprint density at radius 2 is 2.04 bits per heavy atom. The number of likely N-dealkylation sites (tertiary alicyclic amines) is 1. The number of carbonyl (C=O) groups excluding carboxylic acids is 2. The van der Waals surface area contributed by atoms with Crippen LogP contribution in [0.15, 0.2) is 24.3 Å². The molecule has 2 saturated heterocycles. The number of anilines is 1. The summed E-state index contributed by atoms with van der Waals surface area (Å²) in [4.78, 5) is 28.8. The zero-order valence-electron chi connectivity index (χ0n) is 13.3. The standard InChI is InChI=1S/C17H22ClN3O2/c1-17(10-19)7-9-20(11-17)15(22)14-6-8-21(16(14)23)13-4-2-12(18)3-5-13/h2-5,14H,6-11,19H2,1H3. The molecule has 0 aromatic heterocycles. The van der Waals surface area contributed by atoms with Gasteiger partial charge in [-0.3, -0.25) is 9.59 Å². The fraction of sp³-hybridized carbons (Fsp3) is 0.529. The topological polar surface area (TPSA) is 66.6 Å². The van der Waals surface area contributed by atoms with E-state index in [1.54, 1.807) is 21.9 Å². The van der Waals surface area contributed by atoms with Gasteiger partial charge in [0.25, 0.3) is 0 Å². The molecule has 0 radical (unpaired) electrons. The molecule has 23 heavy (non-hydrogen) atoms. The lowest BCUT2D eigenvalue weighted by Crippen LogP contribution is -2.40. The van der Waals surface area contributed by atoms with Crippen molar-refractivity contribution in [3.63, 3.8) is 0 Å². The van der Waals surface area contributed by atoms with Crippen LogP contribution in [0.4, 0.5) is 5.69 Å². The molecule has 2 unspecified atom stereocenters. The molecule has 2 atom stereocenters. The Bertz CT molecular complexity index is 619. The van der Waals surface area contributed by atoms with E-state index in [9.17, 15) is 9.59 Å². The van der Waals surface area contributed by atoms with Crippen LogP contribution < -0.4 is 10.6 Å². The summed E-state index contributed by atoms with van der Waals surface area (Å²) in [5.41, 5.74) is 6.57. The number of carbonyl (C=O) groups is 2. The van der Waals surface area contributed by atoms with Crippen LogP contribution in [0, 0.1) is 11.3 Å². The number of rotatable bonds is 3. The predicted molar refractivity (Wildman–Crippen MR) is 90.3 cm³/mol. The molecule has 2 heterocycles. The molecule has 124 valence electrons. The molecule has 0 bridgehead atoms. The Morgan fingerprint density at radius 1 is 1.35 bits per heavy atom. The molecule has 0 spiro atoms. The first kappa shape index (κ1) is 16.3. The zero-order valence-corrected chi connectivity index (χ0v) is 14.1. The lowest BCUT2D eigenvalue weighted by molar-refractivity contribution is -0.139. The average molecular weight is 336 g/mol. The monoisotopic (exact) mass is 335 g/mol. The molecule has 2 N–H and O–H groups in total. The van der Waals surface area contributed by atoms with Gasteiger partial charge in [-0.2, -0.15) is 0 Å². The van der Waals surface area contributed by atoms with Gasteiger partial charge in [-0.05, 0) is 49.1 Å². The summed E-state index contributed by atoms with van der Waals surface area (Å²) in [5, 5.41) is 0.631. The Kier molecular flexibility index (Phi) is 4.34. The van der Waals surface area contributed by atoms with Crippen molar-refractivity contribution in [1.29, 1.82) is 0 Å². The number of hydrogen-bond acceptors (Lipinski definition) is 3. The van der Waals surface area contributed by atoms with Gasteiger partial charge in [0.1, 0.15) is 5.92 Å². The minimum atomic E-state index is -0.564. The Balaban J connectivity index is 1.69. The normalized spacial score (nSPS) is 27.8. The average Bonchev–Trinajstić information content (AvgIpc) is 3.12. The highest BCUT2D eigenvalue weighted by Crippen LogP contribution is 2.32. The summed E-state index contributed by atoms with van der Waals surface area (Å²) in [6.45, 7) is 4.56. The summed E-state index contributed by atoms with van der Waals surface area (Å²) in [6, 6.07) is 7.14. The molecule has 6 heteroatoms. The molecular formula is C17H22ClN3O2. The maximum atomic E-state index is 12.7. The molecule has 0 aliphatic carbocycles. The van der Waals surface area contributed by atoms with Gasteiger partial charge in [-0.15, -0.1) is 0 Å². The van der Waals surface area contributed by atoms with Gasteiger partial charge < -0.3 is 15.5 Å². The Morgan fingerprint density at radius 3 is 2.65 bits per heavy atom. The third kappa shape index (κ3) is 3.08. The van der Waals surface area contributed by atoms with E-state index in [-0.39, 0.29) is 17.2 Å². The maximum Gasteiger partial charge on any atom is 0.239 e. The van der Waals surface area contributed by atoms with Crippen molar-refractivity contribution in [2.75, 3.05) is 31.1 Å². The molecular weight excluding hydrogens is 314 g/mol. The van der Waals surface area contributed by atoms with Crippen molar-refractivity contribution in [3.8, 4) is 0 Å². The largest absolute Gasteiger partial charge is 0.341 e. The number of nitrogens with zero attached hydrogens (tertiary/aromatic N) is 2. The van der Waals surface area contributed by atoms with Gasteiger partial charge in [0.15, 0.2) is 0 Å². The summed E-state index contributed by atoms with van der Waals surface area (Å²) in [7, 11) is 0.